The van der Waals surface area contributed by atoms with E-state index in [1.165, 1.54) is 57.8 Å². The molecule has 0 fully saturated rings. The molecule has 19 heavy (non-hydrogen) atoms. The minimum absolute atomic E-state index is 0.731. The molecular formula is C18H31N. The fraction of sp³-hybridized carbons (Fsp3) is 0.722. The molecule has 0 heterocycles. The molecule has 0 aromatic carbocycles. The van der Waals surface area contributed by atoms with Crippen molar-refractivity contribution in [1.29, 1.82) is 5.26 Å². The lowest BCUT2D eigenvalue weighted by Crippen LogP contribution is -1.79. The van der Waals surface area contributed by atoms with Gasteiger partial charge in [0.25, 0.3) is 0 Å². The van der Waals surface area contributed by atoms with Crippen LogP contribution in [0, 0.1) is 11.3 Å². The summed E-state index contributed by atoms with van der Waals surface area (Å²) in [6.07, 6.45) is 23.7. The Kier molecular flexibility index (Phi) is 16.1. The summed E-state index contributed by atoms with van der Waals surface area (Å²) in [6.45, 7) is 2.23. The molecule has 0 amide bonds. The number of nitrogens with zero attached hydrogens (tertiary/aromatic N) is 1. The third-order valence-corrected chi connectivity index (χ3v) is 3.24. The summed E-state index contributed by atoms with van der Waals surface area (Å²) < 4.78 is 0. The first kappa shape index (κ1) is 18.0. The van der Waals surface area contributed by atoms with Gasteiger partial charge in [0.05, 0.1) is 6.07 Å². The predicted molar refractivity (Wildman–Crippen MR) is 85.0 cm³/mol. The van der Waals surface area contributed by atoms with Crippen molar-refractivity contribution < 1.29 is 0 Å². The second-order valence-electron chi connectivity index (χ2n) is 5.14. The quantitative estimate of drug-likeness (QED) is 0.281. The fourth-order valence-corrected chi connectivity index (χ4v) is 2.00. The average molecular weight is 261 g/mol. The van der Waals surface area contributed by atoms with E-state index >= 15 is 0 Å². The number of hydrogen-bond donors (Lipinski definition) is 0. The Labute approximate surface area is 120 Å². The molecule has 0 rings (SSSR count). The number of allylic oxidation sites excluding steroid dienone is 4. The third-order valence-electron chi connectivity index (χ3n) is 3.24. The lowest BCUT2D eigenvalue weighted by molar-refractivity contribution is 0.601. The van der Waals surface area contributed by atoms with Gasteiger partial charge in [0, 0.05) is 6.42 Å². The van der Waals surface area contributed by atoms with Crippen LogP contribution in [0.2, 0.25) is 0 Å². The second kappa shape index (κ2) is 17.0. The molecule has 0 N–H and O–H groups in total. The molecule has 0 bridgehead atoms. The van der Waals surface area contributed by atoms with Crippen molar-refractivity contribution in [3.8, 4) is 6.07 Å². The van der Waals surface area contributed by atoms with E-state index in [2.05, 4.69) is 37.3 Å². The van der Waals surface area contributed by atoms with Crippen molar-refractivity contribution in [2.24, 2.45) is 0 Å². The van der Waals surface area contributed by atoms with Crippen LogP contribution in [-0.2, 0) is 0 Å². The van der Waals surface area contributed by atoms with E-state index in [9.17, 15) is 0 Å². The zero-order chi connectivity index (χ0) is 14.0. The van der Waals surface area contributed by atoms with Gasteiger partial charge in [-0.25, -0.2) is 0 Å². The monoisotopic (exact) mass is 261 g/mol. The first-order chi connectivity index (χ1) is 9.41. The van der Waals surface area contributed by atoms with Crippen LogP contribution in [0.5, 0.6) is 0 Å². The van der Waals surface area contributed by atoms with Gasteiger partial charge in [-0.2, -0.15) is 5.26 Å². The van der Waals surface area contributed by atoms with Crippen LogP contribution >= 0.6 is 0 Å². The van der Waals surface area contributed by atoms with Gasteiger partial charge < -0.3 is 0 Å². The van der Waals surface area contributed by atoms with E-state index in [0.717, 1.165) is 19.3 Å². The maximum atomic E-state index is 8.41. The van der Waals surface area contributed by atoms with E-state index in [0.29, 0.717) is 0 Å². The number of rotatable bonds is 13. The van der Waals surface area contributed by atoms with Crippen LogP contribution < -0.4 is 0 Å². The van der Waals surface area contributed by atoms with Crippen LogP contribution in [0.1, 0.15) is 84.0 Å². The Morgan fingerprint density at radius 2 is 1.32 bits per heavy atom. The van der Waals surface area contributed by atoms with Gasteiger partial charge in [-0.3, -0.25) is 0 Å². The molecule has 0 aliphatic heterocycles. The van der Waals surface area contributed by atoms with Gasteiger partial charge in [0.2, 0.25) is 0 Å². The highest BCUT2D eigenvalue weighted by molar-refractivity contribution is 4.92. The Morgan fingerprint density at radius 1 is 0.737 bits per heavy atom. The minimum Gasteiger partial charge on any atom is -0.198 e. The molecule has 0 atom stereocenters. The van der Waals surface area contributed by atoms with Crippen molar-refractivity contribution in [3.05, 3.63) is 24.3 Å². The van der Waals surface area contributed by atoms with Gasteiger partial charge in [-0.1, -0.05) is 69.8 Å². The molecule has 0 spiro atoms. The topological polar surface area (TPSA) is 23.8 Å². The lowest BCUT2D eigenvalue weighted by atomic mass is 10.1. The second-order valence-corrected chi connectivity index (χ2v) is 5.14. The smallest absolute Gasteiger partial charge is 0.0621 e. The number of hydrogen-bond acceptors (Lipinski definition) is 1. The zero-order valence-electron chi connectivity index (χ0n) is 12.7. The highest BCUT2D eigenvalue weighted by atomic mass is 14.2. The first-order valence-corrected chi connectivity index (χ1v) is 8.08. The largest absolute Gasteiger partial charge is 0.198 e. The average Bonchev–Trinajstić information content (AvgIpc) is 2.43. The molecule has 1 nitrogen and oxygen atoms in total. The van der Waals surface area contributed by atoms with E-state index in [1.807, 2.05) is 0 Å². The molecule has 0 unspecified atom stereocenters. The summed E-state index contributed by atoms with van der Waals surface area (Å²) in [6, 6.07) is 2.20. The van der Waals surface area contributed by atoms with Crippen molar-refractivity contribution in [2.45, 2.75) is 84.0 Å². The van der Waals surface area contributed by atoms with Gasteiger partial charge in [-0.05, 0) is 32.1 Å². The summed E-state index contributed by atoms with van der Waals surface area (Å²) in [5.74, 6) is 0. The predicted octanol–water partition coefficient (Wildman–Crippen LogP) is 6.32. The lowest BCUT2D eigenvalue weighted by Gasteiger charge is -1.98. The summed E-state index contributed by atoms with van der Waals surface area (Å²) >= 11 is 0. The highest BCUT2D eigenvalue weighted by Gasteiger charge is 1.90. The molecule has 108 valence electrons. The summed E-state index contributed by atoms with van der Waals surface area (Å²) in [7, 11) is 0. The van der Waals surface area contributed by atoms with Gasteiger partial charge in [0.1, 0.15) is 0 Å². The van der Waals surface area contributed by atoms with Gasteiger partial charge >= 0.3 is 0 Å². The molecular weight excluding hydrogens is 230 g/mol. The first-order valence-electron chi connectivity index (χ1n) is 8.08. The van der Waals surface area contributed by atoms with Gasteiger partial charge in [-0.15, -0.1) is 0 Å². The number of nitriles is 1. The summed E-state index contributed by atoms with van der Waals surface area (Å²) in [5.41, 5.74) is 0. The van der Waals surface area contributed by atoms with Crippen molar-refractivity contribution in [2.75, 3.05) is 0 Å². The van der Waals surface area contributed by atoms with Gasteiger partial charge in [0.15, 0.2) is 0 Å². The Balaban J connectivity index is 3.13. The Hall–Kier alpha value is -1.03. The third kappa shape index (κ3) is 17.0. The number of unbranched alkanes of at least 4 members (excludes halogenated alkanes) is 9. The van der Waals surface area contributed by atoms with Crippen molar-refractivity contribution >= 4 is 0 Å². The highest BCUT2D eigenvalue weighted by Crippen LogP contribution is 2.08. The molecule has 0 saturated carbocycles. The molecule has 1 heteroatoms. The zero-order valence-corrected chi connectivity index (χ0v) is 12.7. The maximum absolute atomic E-state index is 8.41. The van der Waals surface area contributed by atoms with Crippen LogP contribution in [0.15, 0.2) is 24.3 Å². The molecule has 0 aliphatic carbocycles. The van der Waals surface area contributed by atoms with E-state index in [1.54, 1.807) is 0 Å². The van der Waals surface area contributed by atoms with Crippen LogP contribution in [0.4, 0.5) is 0 Å². The van der Waals surface area contributed by atoms with E-state index in [4.69, 9.17) is 5.26 Å². The summed E-state index contributed by atoms with van der Waals surface area (Å²) in [4.78, 5) is 0. The molecule has 0 aromatic rings. The standard InChI is InChI=1S/C18H31N/c1-2-3-4-5-6-7-8-9-10-11-12-13-14-15-16-17-18-19/h5-6,8-9H,2-4,7,10-17H2,1H3/b6-5-,9-8-. The summed E-state index contributed by atoms with van der Waals surface area (Å²) in [5, 5.41) is 8.41. The fourth-order valence-electron chi connectivity index (χ4n) is 2.00. The van der Waals surface area contributed by atoms with Crippen LogP contribution in [0.3, 0.4) is 0 Å². The molecule has 0 aromatic heterocycles. The van der Waals surface area contributed by atoms with E-state index < -0.39 is 0 Å². The SMILES string of the molecule is CCCC/C=C\C/C=C\CCCCCCCCC#N. The molecule has 0 radical (unpaired) electrons. The maximum Gasteiger partial charge on any atom is 0.0621 e. The normalized spacial score (nSPS) is 11.4. The minimum atomic E-state index is 0.731. The van der Waals surface area contributed by atoms with Crippen LogP contribution in [-0.4, -0.2) is 0 Å². The Bertz CT molecular complexity index is 257. The van der Waals surface area contributed by atoms with E-state index in [-0.39, 0.29) is 0 Å². The van der Waals surface area contributed by atoms with Crippen molar-refractivity contribution in [3.63, 3.8) is 0 Å². The van der Waals surface area contributed by atoms with Crippen molar-refractivity contribution in [1.82, 2.24) is 0 Å². The Morgan fingerprint density at radius 3 is 1.95 bits per heavy atom. The molecule has 0 saturated heterocycles. The molecule has 0 aliphatic rings. The van der Waals surface area contributed by atoms with Crippen LogP contribution in [0.25, 0.3) is 0 Å².